The molecule has 1 N–H and O–H groups in total. The van der Waals surface area contributed by atoms with Crippen LogP contribution in [0.5, 0.6) is 0 Å². The second kappa shape index (κ2) is 5.47. The van der Waals surface area contributed by atoms with Gasteiger partial charge >= 0.3 is 0 Å². The van der Waals surface area contributed by atoms with Gasteiger partial charge in [-0.25, -0.2) is 12.7 Å². The molecule has 1 heterocycles. The van der Waals surface area contributed by atoms with Crippen molar-refractivity contribution in [3.63, 3.8) is 0 Å². The van der Waals surface area contributed by atoms with Crippen LogP contribution < -0.4 is 5.32 Å². The average Bonchev–Trinajstić information content (AvgIpc) is 2.24. The molecule has 0 radical (unpaired) electrons. The zero-order chi connectivity index (χ0) is 12.2. The SMILES string of the molecule is CCCCCN1CC(C)(C)NCCS1(=O)=O. The summed E-state index contributed by atoms with van der Waals surface area (Å²) in [6.45, 7) is 8.05. The molecule has 0 atom stereocenters. The van der Waals surface area contributed by atoms with Crippen LogP contribution in [0.25, 0.3) is 0 Å². The van der Waals surface area contributed by atoms with Gasteiger partial charge in [0.2, 0.25) is 10.0 Å². The largest absolute Gasteiger partial charge is 0.309 e. The Hall–Kier alpha value is -0.130. The van der Waals surface area contributed by atoms with Gasteiger partial charge in [-0.2, -0.15) is 0 Å². The molecule has 0 amide bonds. The molecule has 0 aromatic heterocycles. The molecule has 5 heteroatoms. The summed E-state index contributed by atoms with van der Waals surface area (Å²) >= 11 is 0. The Morgan fingerprint density at radius 1 is 1.31 bits per heavy atom. The molecule has 0 spiro atoms. The highest BCUT2D eigenvalue weighted by Gasteiger charge is 2.32. The molecule has 0 aromatic carbocycles. The summed E-state index contributed by atoms with van der Waals surface area (Å²) < 4.78 is 25.6. The standard InChI is InChI=1S/C11H24N2O2S/c1-4-5-6-8-13-10-11(2,3)12-7-9-16(13,14)15/h12H,4-10H2,1-3H3. The summed E-state index contributed by atoms with van der Waals surface area (Å²) in [6, 6.07) is 0. The van der Waals surface area contributed by atoms with Crippen LogP contribution in [0.15, 0.2) is 0 Å². The van der Waals surface area contributed by atoms with Crippen molar-refractivity contribution >= 4 is 10.0 Å². The third-order valence-electron chi connectivity index (χ3n) is 2.94. The summed E-state index contributed by atoms with van der Waals surface area (Å²) in [5.41, 5.74) is -0.115. The van der Waals surface area contributed by atoms with Gasteiger partial charge < -0.3 is 5.32 Å². The van der Waals surface area contributed by atoms with Gasteiger partial charge in [-0.15, -0.1) is 0 Å². The fourth-order valence-electron chi connectivity index (χ4n) is 2.00. The first-order chi connectivity index (χ1) is 7.37. The van der Waals surface area contributed by atoms with Crippen molar-refractivity contribution in [2.45, 2.75) is 45.6 Å². The number of nitrogens with one attached hydrogen (secondary N) is 1. The van der Waals surface area contributed by atoms with Crippen molar-refractivity contribution in [2.75, 3.05) is 25.4 Å². The quantitative estimate of drug-likeness (QED) is 0.760. The Bertz CT molecular complexity index is 312. The molecule has 0 aromatic rings. The lowest BCUT2D eigenvalue weighted by Gasteiger charge is -2.28. The van der Waals surface area contributed by atoms with Crippen molar-refractivity contribution in [2.24, 2.45) is 0 Å². The van der Waals surface area contributed by atoms with E-state index in [0.717, 1.165) is 19.3 Å². The molecule has 0 aliphatic carbocycles. The van der Waals surface area contributed by atoms with E-state index in [-0.39, 0.29) is 11.3 Å². The number of hydrogen-bond acceptors (Lipinski definition) is 3. The van der Waals surface area contributed by atoms with Crippen LogP contribution in [0.2, 0.25) is 0 Å². The average molecular weight is 248 g/mol. The lowest BCUT2D eigenvalue weighted by atomic mass is 10.1. The van der Waals surface area contributed by atoms with E-state index in [1.807, 2.05) is 0 Å². The van der Waals surface area contributed by atoms with Gasteiger partial charge in [-0.1, -0.05) is 19.8 Å². The molecular weight excluding hydrogens is 224 g/mol. The molecule has 96 valence electrons. The first kappa shape index (κ1) is 13.9. The maximum absolute atomic E-state index is 12.0. The van der Waals surface area contributed by atoms with Crippen LogP contribution in [0, 0.1) is 0 Å². The molecule has 1 saturated heterocycles. The normalized spacial score (nSPS) is 25.2. The summed E-state index contributed by atoms with van der Waals surface area (Å²) in [5, 5.41) is 3.28. The molecule has 4 nitrogen and oxygen atoms in total. The van der Waals surface area contributed by atoms with Crippen LogP contribution in [-0.2, 0) is 10.0 Å². The second-order valence-corrected chi connectivity index (χ2v) is 7.26. The van der Waals surface area contributed by atoms with Crippen molar-refractivity contribution in [3.05, 3.63) is 0 Å². The van der Waals surface area contributed by atoms with Crippen LogP contribution in [0.3, 0.4) is 0 Å². The summed E-state index contributed by atoms with van der Waals surface area (Å²) in [5.74, 6) is 0.225. The van der Waals surface area contributed by atoms with Crippen LogP contribution >= 0.6 is 0 Å². The molecule has 1 aliphatic rings. The van der Waals surface area contributed by atoms with Crippen LogP contribution in [0.1, 0.15) is 40.0 Å². The number of nitrogens with zero attached hydrogens (tertiary/aromatic N) is 1. The lowest BCUT2D eigenvalue weighted by molar-refractivity contribution is 0.300. The molecule has 1 fully saturated rings. The fourth-order valence-corrected chi connectivity index (χ4v) is 3.54. The Labute approximate surface area is 99.5 Å². The van der Waals surface area contributed by atoms with Crippen molar-refractivity contribution < 1.29 is 8.42 Å². The number of rotatable bonds is 4. The van der Waals surface area contributed by atoms with Crippen molar-refractivity contribution in [1.82, 2.24) is 9.62 Å². The van der Waals surface area contributed by atoms with E-state index in [2.05, 4.69) is 26.1 Å². The maximum Gasteiger partial charge on any atom is 0.215 e. The molecule has 0 bridgehead atoms. The summed E-state index contributed by atoms with van der Waals surface area (Å²) in [7, 11) is -3.04. The first-order valence-electron chi connectivity index (χ1n) is 6.10. The lowest BCUT2D eigenvalue weighted by Crippen LogP contribution is -2.47. The van der Waals surface area contributed by atoms with Gasteiger partial charge in [0.15, 0.2) is 0 Å². The number of sulfonamides is 1. The molecule has 0 unspecified atom stereocenters. The third kappa shape index (κ3) is 4.03. The zero-order valence-corrected chi connectivity index (χ0v) is 11.4. The molecular formula is C11H24N2O2S. The molecule has 0 saturated carbocycles. The van der Waals surface area contributed by atoms with Gasteiger partial charge in [0.05, 0.1) is 5.75 Å². The van der Waals surface area contributed by atoms with Gasteiger partial charge in [0.25, 0.3) is 0 Å². The highest BCUT2D eigenvalue weighted by molar-refractivity contribution is 7.89. The van der Waals surface area contributed by atoms with Crippen LogP contribution in [-0.4, -0.2) is 43.6 Å². The number of unbranched alkanes of at least 4 members (excludes halogenated alkanes) is 2. The van der Waals surface area contributed by atoms with Gasteiger partial charge in [-0.05, 0) is 20.3 Å². The highest BCUT2D eigenvalue weighted by atomic mass is 32.2. The van der Waals surface area contributed by atoms with Crippen LogP contribution in [0.4, 0.5) is 0 Å². The van der Waals surface area contributed by atoms with Gasteiger partial charge in [0.1, 0.15) is 0 Å². The van der Waals surface area contributed by atoms with E-state index >= 15 is 0 Å². The van der Waals surface area contributed by atoms with E-state index in [4.69, 9.17) is 0 Å². The fraction of sp³-hybridized carbons (Fsp3) is 1.00. The van der Waals surface area contributed by atoms with E-state index in [9.17, 15) is 8.42 Å². The monoisotopic (exact) mass is 248 g/mol. The zero-order valence-electron chi connectivity index (χ0n) is 10.6. The summed E-state index contributed by atoms with van der Waals surface area (Å²) in [6.07, 6.45) is 3.18. The van der Waals surface area contributed by atoms with Gasteiger partial charge in [-0.3, -0.25) is 0 Å². The Balaban J connectivity index is 2.67. The van der Waals surface area contributed by atoms with E-state index in [1.165, 1.54) is 0 Å². The predicted octanol–water partition coefficient (Wildman–Crippen LogP) is 1.19. The van der Waals surface area contributed by atoms with E-state index < -0.39 is 10.0 Å². The van der Waals surface area contributed by atoms with E-state index in [0.29, 0.717) is 19.6 Å². The minimum absolute atomic E-state index is 0.115. The Kier molecular flexibility index (Phi) is 4.76. The second-order valence-electron chi connectivity index (χ2n) is 5.17. The third-order valence-corrected chi connectivity index (χ3v) is 4.76. The summed E-state index contributed by atoms with van der Waals surface area (Å²) in [4.78, 5) is 0. The topological polar surface area (TPSA) is 49.4 Å². The first-order valence-corrected chi connectivity index (χ1v) is 7.71. The molecule has 1 aliphatic heterocycles. The minimum atomic E-state index is -3.04. The predicted molar refractivity (Wildman–Crippen MR) is 67.0 cm³/mol. The van der Waals surface area contributed by atoms with E-state index in [1.54, 1.807) is 4.31 Å². The van der Waals surface area contributed by atoms with Gasteiger partial charge in [0, 0.05) is 25.2 Å². The Morgan fingerprint density at radius 3 is 2.62 bits per heavy atom. The number of hydrogen-bond donors (Lipinski definition) is 1. The minimum Gasteiger partial charge on any atom is -0.309 e. The molecule has 16 heavy (non-hydrogen) atoms. The Morgan fingerprint density at radius 2 is 2.00 bits per heavy atom. The van der Waals surface area contributed by atoms with Crippen molar-refractivity contribution in [3.8, 4) is 0 Å². The highest BCUT2D eigenvalue weighted by Crippen LogP contribution is 2.15. The smallest absolute Gasteiger partial charge is 0.215 e. The van der Waals surface area contributed by atoms with Crippen molar-refractivity contribution in [1.29, 1.82) is 0 Å². The maximum atomic E-state index is 12.0. The molecule has 1 rings (SSSR count).